The van der Waals surface area contributed by atoms with Gasteiger partial charge in [-0.25, -0.2) is 9.59 Å². The maximum absolute atomic E-state index is 13.4. The third kappa shape index (κ3) is 10.1. The van der Waals surface area contributed by atoms with Gasteiger partial charge in [0.1, 0.15) is 18.8 Å². The molecule has 0 saturated heterocycles. The molecule has 0 aliphatic carbocycles. The summed E-state index contributed by atoms with van der Waals surface area (Å²) in [4.78, 5) is 38.5. The van der Waals surface area contributed by atoms with Gasteiger partial charge in [-0.3, -0.25) is 10.1 Å². The zero-order valence-corrected chi connectivity index (χ0v) is 25.0. The average Bonchev–Trinajstić information content (AvgIpc) is 2.90. The van der Waals surface area contributed by atoms with Crippen LogP contribution in [0.3, 0.4) is 0 Å². The van der Waals surface area contributed by atoms with Crippen LogP contribution in [0.1, 0.15) is 58.2 Å². The van der Waals surface area contributed by atoms with Crippen LogP contribution in [0, 0.1) is 0 Å². The van der Waals surface area contributed by atoms with Crippen molar-refractivity contribution in [3.05, 3.63) is 95.6 Å². The van der Waals surface area contributed by atoms with E-state index in [-0.39, 0.29) is 13.0 Å². The summed E-state index contributed by atoms with van der Waals surface area (Å²) in [7, 11) is 0. The first-order valence-corrected chi connectivity index (χ1v) is 13.7. The number of amides is 1. The monoisotopic (exact) mass is 577 g/mol. The van der Waals surface area contributed by atoms with Gasteiger partial charge in [0.2, 0.25) is 0 Å². The van der Waals surface area contributed by atoms with E-state index < -0.39 is 35.5 Å². The summed E-state index contributed by atoms with van der Waals surface area (Å²) in [6.45, 7) is 10.0. The molecule has 1 atom stereocenters. The van der Waals surface area contributed by atoms with Crippen molar-refractivity contribution < 1.29 is 38.1 Å². The Morgan fingerprint density at radius 3 is 1.79 bits per heavy atom. The number of hydrogen-bond acceptors (Lipinski definition) is 8. The molecule has 0 aromatic heterocycles. The highest BCUT2D eigenvalue weighted by atomic mass is 16.6. The van der Waals surface area contributed by atoms with Gasteiger partial charge in [0, 0.05) is 13.3 Å². The third-order valence-electron chi connectivity index (χ3n) is 5.63. The van der Waals surface area contributed by atoms with Crippen LogP contribution in [0.2, 0.25) is 0 Å². The summed E-state index contributed by atoms with van der Waals surface area (Å²) in [5.41, 5.74) is -0.657. The van der Waals surface area contributed by atoms with Crippen LogP contribution in [0.25, 0.3) is 0 Å². The molecular formula is C33H39NO8. The van der Waals surface area contributed by atoms with Crippen LogP contribution >= 0.6 is 0 Å². The summed E-state index contributed by atoms with van der Waals surface area (Å²) in [5.74, 6) is -0.871. The Kier molecular flexibility index (Phi) is 11.0. The standard InChI is InChI=1S/C33H39NO8/c1-23(2)40-30(36)33(41-24(3)35,34-31(37)42-32(4,5)6)20-27-17-18-28(38-21-25-13-9-7-10-14-25)29(19-27)39-22-26-15-11-8-12-16-26/h7-19,23H,20-22H2,1-6H3,(H,34,37)/t33-/m0/s1. The number of nitrogens with one attached hydrogen (secondary N) is 1. The predicted octanol–water partition coefficient (Wildman–Crippen LogP) is 6.12. The largest absolute Gasteiger partial charge is 0.485 e. The molecule has 9 heteroatoms. The Hall–Kier alpha value is -4.53. The predicted molar refractivity (Wildman–Crippen MR) is 157 cm³/mol. The Labute approximate surface area is 247 Å². The molecule has 3 aromatic carbocycles. The molecular weight excluding hydrogens is 538 g/mol. The number of esters is 2. The Balaban J connectivity index is 1.98. The van der Waals surface area contributed by atoms with Gasteiger partial charge >= 0.3 is 18.0 Å². The smallest absolute Gasteiger partial charge is 0.411 e. The van der Waals surface area contributed by atoms with Crippen LogP contribution in [-0.2, 0) is 43.4 Å². The Bertz CT molecular complexity index is 1340. The second-order valence-electron chi connectivity index (χ2n) is 11.0. The second-order valence-corrected chi connectivity index (χ2v) is 11.0. The van der Waals surface area contributed by atoms with Gasteiger partial charge in [-0.1, -0.05) is 66.7 Å². The van der Waals surface area contributed by atoms with Gasteiger partial charge in [-0.2, -0.15) is 0 Å². The van der Waals surface area contributed by atoms with Crippen LogP contribution in [0.15, 0.2) is 78.9 Å². The number of hydrogen-bond donors (Lipinski definition) is 1. The zero-order chi connectivity index (χ0) is 30.8. The normalized spacial score (nSPS) is 12.5. The van der Waals surface area contributed by atoms with Crippen molar-refractivity contribution in [1.82, 2.24) is 5.32 Å². The quantitative estimate of drug-likeness (QED) is 0.156. The highest BCUT2D eigenvalue weighted by Gasteiger charge is 2.47. The maximum Gasteiger partial charge on any atom is 0.411 e. The van der Waals surface area contributed by atoms with E-state index in [1.54, 1.807) is 52.8 Å². The molecule has 224 valence electrons. The summed E-state index contributed by atoms with van der Waals surface area (Å²) in [6.07, 6.45) is -1.77. The topological polar surface area (TPSA) is 109 Å². The van der Waals surface area contributed by atoms with Crippen molar-refractivity contribution >= 4 is 18.0 Å². The molecule has 1 amide bonds. The lowest BCUT2D eigenvalue weighted by atomic mass is 10.0. The van der Waals surface area contributed by atoms with Crippen molar-refractivity contribution in [3.63, 3.8) is 0 Å². The molecule has 42 heavy (non-hydrogen) atoms. The van der Waals surface area contributed by atoms with Crippen molar-refractivity contribution in [3.8, 4) is 11.5 Å². The van der Waals surface area contributed by atoms with E-state index in [0.717, 1.165) is 18.1 Å². The highest BCUT2D eigenvalue weighted by molar-refractivity contribution is 5.87. The molecule has 0 spiro atoms. The van der Waals surface area contributed by atoms with Crippen molar-refractivity contribution in [1.29, 1.82) is 0 Å². The third-order valence-corrected chi connectivity index (χ3v) is 5.63. The van der Waals surface area contributed by atoms with E-state index >= 15 is 0 Å². The summed E-state index contributed by atoms with van der Waals surface area (Å²) >= 11 is 0. The lowest BCUT2D eigenvalue weighted by Crippen LogP contribution is -2.60. The Morgan fingerprint density at radius 2 is 1.29 bits per heavy atom. The van der Waals surface area contributed by atoms with Crippen molar-refractivity contribution in [2.45, 2.75) is 78.6 Å². The Morgan fingerprint density at radius 1 is 0.738 bits per heavy atom. The fraction of sp³-hybridized carbons (Fsp3) is 0.364. The number of carbonyl (C=O) groups excluding carboxylic acids is 3. The number of carbonyl (C=O) groups is 3. The van der Waals surface area contributed by atoms with Gasteiger partial charge in [0.05, 0.1) is 6.10 Å². The first kappa shape index (κ1) is 32.0. The number of rotatable bonds is 12. The van der Waals surface area contributed by atoms with E-state index in [0.29, 0.717) is 23.7 Å². The fourth-order valence-electron chi connectivity index (χ4n) is 3.95. The van der Waals surface area contributed by atoms with E-state index in [9.17, 15) is 14.4 Å². The first-order chi connectivity index (χ1) is 19.8. The maximum atomic E-state index is 13.4. The minimum atomic E-state index is -2.21. The fourth-order valence-corrected chi connectivity index (χ4v) is 3.95. The van der Waals surface area contributed by atoms with Crippen LogP contribution < -0.4 is 14.8 Å². The van der Waals surface area contributed by atoms with Crippen molar-refractivity contribution in [2.75, 3.05) is 0 Å². The summed E-state index contributed by atoms with van der Waals surface area (Å²) in [5, 5.41) is 2.46. The molecule has 0 aliphatic rings. The number of ether oxygens (including phenoxy) is 5. The molecule has 1 N–H and O–H groups in total. The molecule has 0 radical (unpaired) electrons. The van der Waals surface area contributed by atoms with Gasteiger partial charge in [-0.15, -0.1) is 0 Å². The van der Waals surface area contributed by atoms with Crippen LogP contribution in [0.4, 0.5) is 4.79 Å². The molecule has 3 aromatic rings. The SMILES string of the molecule is CC(=O)O[C@](Cc1ccc(OCc2ccccc2)c(OCc2ccccc2)c1)(NC(=O)OC(C)(C)C)C(=O)OC(C)C. The second kappa shape index (κ2) is 14.4. The molecule has 3 rings (SSSR count). The average molecular weight is 578 g/mol. The van der Waals surface area contributed by atoms with E-state index in [1.807, 2.05) is 60.7 Å². The highest BCUT2D eigenvalue weighted by Crippen LogP contribution is 2.32. The lowest BCUT2D eigenvalue weighted by Gasteiger charge is -2.33. The minimum Gasteiger partial charge on any atom is -0.485 e. The zero-order valence-electron chi connectivity index (χ0n) is 25.0. The van der Waals surface area contributed by atoms with E-state index in [2.05, 4.69) is 5.32 Å². The van der Waals surface area contributed by atoms with Crippen molar-refractivity contribution in [2.24, 2.45) is 0 Å². The minimum absolute atomic E-state index is 0.257. The van der Waals surface area contributed by atoms with E-state index in [4.69, 9.17) is 23.7 Å². The molecule has 0 saturated carbocycles. The molecule has 0 fully saturated rings. The van der Waals surface area contributed by atoms with Crippen LogP contribution in [0.5, 0.6) is 11.5 Å². The van der Waals surface area contributed by atoms with Gasteiger partial charge in [-0.05, 0) is 63.4 Å². The van der Waals surface area contributed by atoms with Gasteiger partial charge in [0.15, 0.2) is 11.5 Å². The molecule has 0 unspecified atom stereocenters. The molecule has 0 bridgehead atoms. The number of benzene rings is 3. The van der Waals surface area contributed by atoms with Gasteiger partial charge in [0.25, 0.3) is 5.72 Å². The first-order valence-electron chi connectivity index (χ1n) is 13.7. The lowest BCUT2D eigenvalue weighted by molar-refractivity contribution is -0.188. The van der Waals surface area contributed by atoms with Gasteiger partial charge < -0.3 is 23.7 Å². The molecule has 0 heterocycles. The van der Waals surface area contributed by atoms with Crippen LogP contribution in [-0.4, -0.2) is 35.5 Å². The van der Waals surface area contributed by atoms with E-state index in [1.165, 1.54) is 0 Å². The molecule has 9 nitrogen and oxygen atoms in total. The molecule has 0 aliphatic heterocycles. The summed E-state index contributed by atoms with van der Waals surface area (Å²) < 4.78 is 28.5. The summed E-state index contributed by atoms with van der Waals surface area (Å²) in [6, 6.07) is 24.4. The number of alkyl carbamates (subject to hydrolysis) is 1.